The van der Waals surface area contributed by atoms with Crippen molar-refractivity contribution < 1.29 is 19.2 Å². The fraction of sp³-hybridized carbons (Fsp3) is 0.152. The Kier molecular flexibility index (Phi) is 5.89. The van der Waals surface area contributed by atoms with Crippen LogP contribution in [0.3, 0.4) is 0 Å². The number of hydrogen-bond acceptors (Lipinski definition) is 4. The molecule has 0 radical (unpaired) electrons. The van der Waals surface area contributed by atoms with Crippen LogP contribution in [0.15, 0.2) is 103 Å². The SMILES string of the molecule is O=C1C2c3ccc(Cl)cc3C3C(=O)N(c4ccccc4)C(=O)C3(Cc3ccc(Cl)cc3)C2C(=O)N1c1ccccc1. The van der Waals surface area contributed by atoms with Gasteiger partial charge in [-0.05, 0) is 71.6 Å². The van der Waals surface area contributed by atoms with Crippen LogP contribution < -0.4 is 9.80 Å². The first kappa shape index (κ1) is 25.7. The van der Waals surface area contributed by atoms with Gasteiger partial charge in [0.2, 0.25) is 23.6 Å². The lowest BCUT2D eigenvalue weighted by Gasteiger charge is -2.43. The van der Waals surface area contributed by atoms with Crippen LogP contribution in [0.2, 0.25) is 10.0 Å². The van der Waals surface area contributed by atoms with E-state index in [4.69, 9.17) is 23.2 Å². The molecule has 2 heterocycles. The van der Waals surface area contributed by atoms with Gasteiger partial charge in [-0.2, -0.15) is 0 Å². The summed E-state index contributed by atoms with van der Waals surface area (Å²) in [5.41, 5.74) is 1.01. The first-order chi connectivity index (χ1) is 19.8. The molecule has 3 aliphatic rings. The Hall–Kier alpha value is -4.26. The van der Waals surface area contributed by atoms with E-state index in [-0.39, 0.29) is 6.42 Å². The van der Waals surface area contributed by atoms with Gasteiger partial charge in [0.15, 0.2) is 0 Å². The average Bonchev–Trinajstić information content (AvgIpc) is 3.37. The molecule has 2 aliphatic heterocycles. The van der Waals surface area contributed by atoms with Crippen molar-refractivity contribution >= 4 is 58.2 Å². The molecule has 41 heavy (non-hydrogen) atoms. The Bertz CT molecular complexity index is 1740. The number of nitrogens with zero attached hydrogens (tertiary/aromatic N) is 2. The molecular weight excluding hydrogens is 559 g/mol. The second kappa shape index (κ2) is 9.40. The fourth-order valence-electron chi connectivity index (χ4n) is 6.97. The quantitative estimate of drug-likeness (QED) is 0.271. The van der Waals surface area contributed by atoms with E-state index in [1.54, 1.807) is 103 Å². The Morgan fingerprint density at radius 1 is 0.610 bits per heavy atom. The van der Waals surface area contributed by atoms with Gasteiger partial charge in [-0.15, -0.1) is 0 Å². The number of halogens is 2. The molecule has 4 aromatic carbocycles. The molecule has 6 nitrogen and oxygen atoms in total. The van der Waals surface area contributed by atoms with Crippen LogP contribution in [-0.2, 0) is 25.6 Å². The van der Waals surface area contributed by atoms with Crippen molar-refractivity contribution in [3.63, 3.8) is 0 Å². The fourth-order valence-corrected chi connectivity index (χ4v) is 7.27. The number of anilines is 2. The highest BCUT2D eigenvalue weighted by Crippen LogP contribution is 2.63. The number of carbonyl (C=O) groups excluding carboxylic acids is 4. The summed E-state index contributed by atoms with van der Waals surface area (Å²) in [5.74, 6) is -5.00. The summed E-state index contributed by atoms with van der Waals surface area (Å²) in [6, 6.07) is 29.4. The zero-order valence-electron chi connectivity index (χ0n) is 21.5. The lowest BCUT2D eigenvalue weighted by atomic mass is 9.54. The monoisotopic (exact) mass is 580 g/mol. The van der Waals surface area contributed by atoms with E-state index >= 15 is 0 Å². The first-order valence-electron chi connectivity index (χ1n) is 13.2. The highest BCUT2D eigenvalue weighted by molar-refractivity contribution is 6.33. The van der Waals surface area contributed by atoms with Crippen molar-refractivity contribution in [2.45, 2.75) is 18.3 Å². The molecule has 0 spiro atoms. The molecule has 0 bridgehead atoms. The highest BCUT2D eigenvalue weighted by atomic mass is 35.5. The molecule has 202 valence electrons. The van der Waals surface area contributed by atoms with Crippen LogP contribution in [0.25, 0.3) is 0 Å². The van der Waals surface area contributed by atoms with Gasteiger partial charge in [0, 0.05) is 10.0 Å². The zero-order valence-corrected chi connectivity index (χ0v) is 23.0. The Morgan fingerprint density at radius 2 is 1.20 bits per heavy atom. The summed E-state index contributed by atoms with van der Waals surface area (Å²) in [6.07, 6.45) is 0.0531. The van der Waals surface area contributed by atoms with Gasteiger partial charge in [-0.25, -0.2) is 9.80 Å². The molecule has 0 N–H and O–H groups in total. The van der Waals surface area contributed by atoms with E-state index in [2.05, 4.69) is 0 Å². The number of para-hydroxylation sites is 2. The van der Waals surface area contributed by atoms with Crippen LogP contribution >= 0.6 is 23.2 Å². The van der Waals surface area contributed by atoms with E-state index < -0.39 is 46.8 Å². The van der Waals surface area contributed by atoms with Crippen LogP contribution in [-0.4, -0.2) is 23.6 Å². The predicted molar refractivity (Wildman–Crippen MR) is 156 cm³/mol. The first-order valence-corrected chi connectivity index (χ1v) is 14.0. The average molecular weight is 581 g/mol. The van der Waals surface area contributed by atoms with E-state index in [1.165, 1.54) is 9.80 Å². The third-order valence-electron chi connectivity index (χ3n) is 8.58. The van der Waals surface area contributed by atoms with Crippen molar-refractivity contribution in [2.24, 2.45) is 11.3 Å². The standard InChI is InChI=1S/C33H22Cl2N2O4/c34-20-13-11-19(12-14-20)18-33-27(30(39)37(32(33)41)23-9-5-2-6-10-23)25-17-21(35)15-16-24(25)26-28(33)31(40)36(29(26)38)22-7-3-1-4-8-22/h1-17,26-28H,18H2. The minimum absolute atomic E-state index is 0.0531. The second-order valence-electron chi connectivity index (χ2n) is 10.7. The van der Waals surface area contributed by atoms with E-state index in [0.29, 0.717) is 32.5 Å². The van der Waals surface area contributed by atoms with Crippen molar-refractivity contribution in [3.8, 4) is 0 Å². The summed E-state index contributed by atoms with van der Waals surface area (Å²) in [4.78, 5) is 60.3. The number of hydrogen-bond donors (Lipinski definition) is 0. The largest absolute Gasteiger partial charge is 0.274 e. The number of carbonyl (C=O) groups is 4. The number of benzene rings is 4. The molecule has 7 rings (SSSR count). The van der Waals surface area contributed by atoms with Gasteiger partial charge in [0.1, 0.15) is 0 Å². The van der Waals surface area contributed by atoms with Crippen molar-refractivity contribution in [2.75, 3.05) is 9.80 Å². The van der Waals surface area contributed by atoms with Crippen LogP contribution in [0, 0.1) is 11.3 Å². The Labute approximate surface area is 246 Å². The maximum absolute atomic E-state index is 14.8. The van der Waals surface area contributed by atoms with Crippen molar-refractivity contribution in [3.05, 3.63) is 130 Å². The van der Waals surface area contributed by atoms with Gasteiger partial charge in [-0.1, -0.05) is 77.8 Å². The summed E-state index contributed by atoms with van der Waals surface area (Å²) in [7, 11) is 0. The van der Waals surface area contributed by atoms with Crippen LogP contribution in [0.5, 0.6) is 0 Å². The zero-order chi connectivity index (χ0) is 28.5. The molecule has 4 atom stereocenters. The highest BCUT2D eigenvalue weighted by Gasteiger charge is 2.73. The third-order valence-corrected chi connectivity index (χ3v) is 9.07. The molecule has 8 heteroatoms. The van der Waals surface area contributed by atoms with Crippen LogP contribution in [0.4, 0.5) is 11.4 Å². The van der Waals surface area contributed by atoms with Crippen LogP contribution in [0.1, 0.15) is 28.5 Å². The minimum atomic E-state index is -1.58. The Morgan fingerprint density at radius 3 is 1.83 bits per heavy atom. The molecule has 4 amide bonds. The number of rotatable bonds is 4. The lowest BCUT2D eigenvalue weighted by Crippen LogP contribution is -2.51. The number of fused-ring (bicyclic) bond motifs is 6. The normalized spacial score (nSPS) is 24.9. The van der Waals surface area contributed by atoms with E-state index in [0.717, 1.165) is 5.56 Å². The maximum atomic E-state index is 14.8. The van der Waals surface area contributed by atoms with Gasteiger partial charge in [-0.3, -0.25) is 19.2 Å². The molecule has 2 saturated heterocycles. The summed E-state index contributed by atoms with van der Waals surface area (Å²) >= 11 is 12.6. The minimum Gasteiger partial charge on any atom is -0.274 e. The number of amides is 4. The van der Waals surface area contributed by atoms with Gasteiger partial charge in [0.25, 0.3) is 0 Å². The lowest BCUT2D eigenvalue weighted by molar-refractivity contribution is -0.138. The molecule has 0 saturated carbocycles. The van der Waals surface area contributed by atoms with Crippen molar-refractivity contribution in [1.82, 2.24) is 0 Å². The second-order valence-corrected chi connectivity index (χ2v) is 11.5. The molecular formula is C33H22Cl2N2O4. The smallest absolute Gasteiger partial charge is 0.242 e. The van der Waals surface area contributed by atoms with Crippen molar-refractivity contribution in [1.29, 1.82) is 0 Å². The Balaban J connectivity index is 1.52. The van der Waals surface area contributed by atoms with Gasteiger partial charge in [0.05, 0.1) is 34.5 Å². The molecule has 0 aromatic heterocycles. The van der Waals surface area contributed by atoms with E-state index in [1.807, 2.05) is 0 Å². The van der Waals surface area contributed by atoms with Gasteiger partial charge >= 0.3 is 0 Å². The molecule has 2 fully saturated rings. The topological polar surface area (TPSA) is 74.8 Å². The summed E-state index contributed by atoms with van der Waals surface area (Å²) < 4.78 is 0. The molecule has 1 aliphatic carbocycles. The van der Waals surface area contributed by atoms with Gasteiger partial charge < -0.3 is 0 Å². The molecule has 4 unspecified atom stereocenters. The summed E-state index contributed by atoms with van der Waals surface area (Å²) in [6.45, 7) is 0. The van der Waals surface area contributed by atoms with E-state index in [9.17, 15) is 19.2 Å². The molecule has 4 aromatic rings. The maximum Gasteiger partial charge on any atom is 0.242 e. The predicted octanol–water partition coefficient (Wildman–Crippen LogP) is 6.17. The summed E-state index contributed by atoms with van der Waals surface area (Å²) in [5, 5.41) is 0.890. The number of imide groups is 2. The third kappa shape index (κ3) is 3.64.